The van der Waals surface area contributed by atoms with Gasteiger partial charge in [-0.2, -0.15) is 0 Å². The maximum atomic E-state index is 13.5. The molecule has 74 valence electrons. The molecule has 1 nitrogen and oxygen atoms in total. The van der Waals surface area contributed by atoms with E-state index in [4.69, 9.17) is 4.42 Å². The number of aryl methyl sites for hydroxylation is 1. The van der Waals surface area contributed by atoms with Gasteiger partial charge in [-0.05, 0) is 30.5 Å². The van der Waals surface area contributed by atoms with Gasteiger partial charge in [-0.3, -0.25) is 0 Å². The highest BCUT2D eigenvalue weighted by atomic mass is 19.1. The normalized spacial score (nSPS) is 11.5. The van der Waals surface area contributed by atoms with E-state index in [9.17, 15) is 4.39 Å². The summed E-state index contributed by atoms with van der Waals surface area (Å²) in [4.78, 5) is 0. The summed E-state index contributed by atoms with van der Waals surface area (Å²) in [6.07, 6.45) is 0. The first-order chi connectivity index (χ1) is 6.59. The van der Waals surface area contributed by atoms with Crippen LogP contribution in [0.1, 0.15) is 31.1 Å². The van der Waals surface area contributed by atoms with E-state index in [1.54, 1.807) is 6.92 Å². The van der Waals surface area contributed by atoms with Crippen LogP contribution >= 0.6 is 0 Å². The summed E-state index contributed by atoms with van der Waals surface area (Å²) >= 11 is 0. The van der Waals surface area contributed by atoms with Crippen LogP contribution in [0.25, 0.3) is 11.0 Å². The number of hydrogen-bond donors (Lipinski definition) is 0. The van der Waals surface area contributed by atoms with Gasteiger partial charge < -0.3 is 4.42 Å². The summed E-state index contributed by atoms with van der Waals surface area (Å²) in [6, 6.07) is 5.68. The van der Waals surface area contributed by atoms with Crippen molar-refractivity contribution in [1.82, 2.24) is 0 Å². The lowest BCUT2D eigenvalue weighted by molar-refractivity contribution is 0.523. The van der Waals surface area contributed by atoms with Crippen molar-refractivity contribution in [2.24, 2.45) is 0 Å². The van der Waals surface area contributed by atoms with E-state index in [0.717, 1.165) is 5.56 Å². The SMILES string of the molecule is Cc1oc2ccc(C(C)C)cc2c1F. The van der Waals surface area contributed by atoms with Gasteiger partial charge in [0.2, 0.25) is 0 Å². The molecule has 0 atom stereocenters. The molecule has 0 aliphatic carbocycles. The van der Waals surface area contributed by atoms with E-state index < -0.39 is 0 Å². The van der Waals surface area contributed by atoms with Crippen LogP contribution in [-0.2, 0) is 0 Å². The Kier molecular flexibility index (Phi) is 2.06. The van der Waals surface area contributed by atoms with E-state index in [1.807, 2.05) is 18.2 Å². The minimum Gasteiger partial charge on any atom is -0.458 e. The molecule has 0 unspecified atom stereocenters. The fourth-order valence-electron chi connectivity index (χ4n) is 1.57. The molecule has 2 heteroatoms. The molecule has 0 N–H and O–H groups in total. The fourth-order valence-corrected chi connectivity index (χ4v) is 1.57. The summed E-state index contributed by atoms with van der Waals surface area (Å²) in [6.45, 7) is 5.82. The molecule has 1 aromatic heterocycles. The van der Waals surface area contributed by atoms with Crippen molar-refractivity contribution in [3.63, 3.8) is 0 Å². The second-order valence-corrected chi connectivity index (χ2v) is 3.88. The Labute approximate surface area is 82.5 Å². The van der Waals surface area contributed by atoms with Crippen LogP contribution in [0.2, 0.25) is 0 Å². The Morgan fingerprint density at radius 1 is 1.29 bits per heavy atom. The Bertz CT molecular complexity index is 468. The van der Waals surface area contributed by atoms with Gasteiger partial charge in [0, 0.05) is 0 Å². The van der Waals surface area contributed by atoms with Gasteiger partial charge in [-0.1, -0.05) is 19.9 Å². The zero-order valence-corrected chi connectivity index (χ0v) is 8.60. The highest BCUT2D eigenvalue weighted by molar-refractivity contribution is 5.79. The first-order valence-corrected chi connectivity index (χ1v) is 4.78. The number of hydrogen-bond acceptors (Lipinski definition) is 1. The molecule has 2 aromatic rings. The van der Waals surface area contributed by atoms with E-state index in [-0.39, 0.29) is 5.82 Å². The van der Waals surface area contributed by atoms with Gasteiger partial charge in [0.25, 0.3) is 0 Å². The molecule has 14 heavy (non-hydrogen) atoms. The summed E-state index contributed by atoms with van der Waals surface area (Å²) in [7, 11) is 0. The topological polar surface area (TPSA) is 13.1 Å². The van der Waals surface area contributed by atoms with E-state index in [2.05, 4.69) is 13.8 Å². The molecule has 0 saturated carbocycles. The highest BCUT2D eigenvalue weighted by Gasteiger charge is 2.11. The smallest absolute Gasteiger partial charge is 0.172 e. The Hall–Kier alpha value is -1.31. The molecule has 0 spiro atoms. The molecule has 0 aliphatic heterocycles. The predicted octanol–water partition coefficient (Wildman–Crippen LogP) is 4.00. The summed E-state index contributed by atoms with van der Waals surface area (Å²) in [5.74, 6) is 0.539. The first kappa shape index (κ1) is 9.25. The second kappa shape index (κ2) is 3.12. The number of furan rings is 1. The number of halogens is 1. The average molecular weight is 192 g/mol. The molecule has 0 fully saturated rings. The van der Waals surface area contributed by atoms with E-state index in [0.29, 0.717) is 22.6 Å². The van der Waals surface area contributed by atoms with Crippen molar-refractivity contribution in [3.8, 4) is 0 Å². The third-order valence-electron chi connectivity index (χ3n) is 2.48. The average Bonchev–Trinajstić information content (AvgIpc) is 2.43. The molecular formula is C12H13FO. The zero-order valence-electron chi connectivity index (χ0n) is 8.60. The van der Waals surface area contributed by atoms with Crippen molar-refractivity contribution < 1.29 is 8.81 Å². The molecule has 0 aliphatic rings. The van der Waals surface area contributed by atoms with Crippen LogP contribution in [0.3, 0.4) is 0 Å². The molecule has 2 rings (SSSR count). The fraction of sp³-hybridized carbons (Fsp3) is 0.333. The minimum atomic E-state index is -0.234. The van der Waals surface area contributed by atoms with Crippen LogP contribution in [0.4, 0.5) is 4.39 Å². The Balaban J connectivity index is 2.69. The van der Waals surface area contributed by atoms with Crippen molar-refractivity contribution in [3.05, 3.63) is 35.3 Å². The van der Waals surface area contributed by atoms with E-state index >= 15 is 0 Å². The number of rotatable bonds is 1. The monoisotopic (exact) mass is 192 g/mol. The Morgan fingerprint density at radius 2 is 2.00 bits per heavy atom. The highest BCUT2D eigenvalue weighted by Crippen LogP contribution is 2.27. The van der Waals surface area contributed by atoms with Crippen molar-refractivity contribution in [2.45, 2.75) is 26.7 Å². The van der Waals surface area contributed by atoms with Crippen LogP contribution in [0.5, 0.6) is 0 Å². The number of benzene rings is 1. The minimum absolute atomic E-state index is 0.234. The third-order valence-corrected chi connectivity index (χ3v) is 2.48. The second-order valence-electron chi connectivity index (χ2n) is 3.88. The van der Waals surface area contributed by atoms with Crippen molar-refractivity contribution >= 4 is 11.0 Å². The quantitative estimate of drug-likeness (QED) is 0.665. The van der Waals surface area contributed by atoms with Crippen LogP contribution < -0.4 is 0 Å². The molecular weight excluding hydrogens is 179 g/mol. The lowest BCUT2D eigenvalue weighted by Crippen LogP contribution is -1.85. The van der Waals surface area contributed by atoms with Gasteiger partial charge in [0.05, 0.1) is 5.39 Å². The van der Waals surface area contributed by atoms with Gasteiger partial charge in [0.1, 0.15) is 11.3 Å². The van der Waals surface area contributed by atoms with E-state index in [1.165, 1.54) is 0 Å². The van der Waals surface area contributed by atoms with Crippen molar-refractivity contribution in [2.75, 3.05) is 0 Å². The van der Waals surface area contributed by atoms with Gasteiger partial charge in [0.15, 0.2) is 5.82 Å². The lowest BCUT2D eigenvalue weighted by atomic mass is 10.0. The van der Waals surface area contributed by atoms with Crippen LogP contribution in [0, 0.1) is 12.7 Å². The maximum absolute atomic E-state index is 13.5. The van der Waals surface area contributed by atoms with Gasteiger partial charge >= 0.3 is 0 Å². The van der Waals surface area contributed by atoms with Gasteiger partial charge in [-0.25, -0.2) is 4.39 Å². The largest absolute Gasteiger partial charge is 0.458 e. The lowest BCUT2D eigenvalue weighted by Gasteiger charge is -2.03. The van der Waals surface area contributed by atoms with Crippen molar-refractivity contribution in [1.29, 1.82) is 0 Å². The third kappa shape index (κ3) is 1.31. The predicted molar refractivity (Wildman–Crippen MR) is 55.0 cm³/mol. The van der Waals surface area contributed by atoms with Crippen LogP contribution in [-0.4, -0.2) is 0 Å². The summed E-state index contributed by atoms with van der Waals surface area (Å²) in [5.41, 5.74) is 1.77. The standard InChI is InChI=1S/C12H13FO/c1-7(2)9-4-5-11-10(6-9)12(13)8(3)14-11/h4-7H,1-3H3. The maximum Gasteiger partial charge on any atom is 0.172 e. The molecule has 1 aromatic carbocycles. The Morgan fingerprint density at radius 3 is 2.64 bits per heavy atom. The molecule has 0 bridgehead atoms. The molecule has 1 heterocycles. The summed E-state index contributed by atoms with van der Waals surface area (Å²) < 4.78 is 18.8. The van der Waals surface area contributed by atoms with Gasteiger partial charge in [-0.15, -0.1) is 0 Å². The zero-order chi connectivity index (χ0) is 10.3. The first-order valence-electron chi connectivity index (χ1n) is 4.78. The molecule has 0 saturated heterocycles. The number of fused-ring (bicyclic) bond motifs is 1. The molecule has 0 radical (unpaired) electrons. The summed E-state index contributed by atoms with van der Waals surface area (Å²) in [5, 5.41) is 0.591. The van der Waals surface area contributed by atoms with Crippen LogP contribution in [0.15, 0.2) is 22.6 Å². The molecule has 0 amide bonds.